The van der Waals surface area contributed by atoms with E-state index in [1.807, 2.05) is 37.3 Å². The average Bonchev–Trinajstić information content (AvgIpc) is 2.58. The monoisotopic (exact) mass is 378 g/mol. The van der Waals surface area contributed by atoms with Gasteiger partial charge in [0, 0.05) is 20.0 Å². The largest absolute Gasteiger partial charge is 0.335 e. The number of benzene rings is 2. The summed E-state index contributed by atoms with van der Waals surface area (Å²) in [5, 5.41) is 0. The Morgan fingerprint density at radius 3 is 2.42 bits per heavy atom. The smallest absolute Gasteiger partial charge is 0.240 e. The molecule has 0 heterocycles. The Bertz CT molecular complexity index is 870. The molecule has 2 rings (SSSR count). The van der Waals surface area contributed by atoms with Crippen molar-refractivity contribution in [3.63, 3.8) is 0 Å². The number of amides is 1. The van der Waals surface area contributed by atoms with Gasteiger partial charge in [0.2, 0.25) is 15.9 Å². The zero-order chi connectivity index (χ0) is 19.3. The summed E-state index contributed by atoms with van der Waals surface area (Å²) in [6.45, 7) is 5.19. The molecule has 0 aliphatic heterocycles. The maximum absolute atomic E-state index is 13.2. The third-order valence-corrected chi connectivity index (χ3v) is 5.85. The molecular formula is C19H23FN2O3S. The summed E-state index contributed by atoms with van der Waals surface area (Å²) in [4.78, 5) is 13.6. The second kappa shape index (κ2) is 8.42. The third kappa shape index (κ3) is 4.89. The van der Waals surface area contributed by atoms with Crippen molar-refractivity contribution < 1.29 is 17.6 Å². The quantitative estimate of drug-likeness (QED) is 0.805. The summed E-state index contributed by atoms with van der Waals surface area (Å²) in [5.41, 5.74) is 1.30. The van der Waals surface area contributed by atoms with Crippen LogP contribution in [-0.2, 0) is 14.8 Å². The number of carbonyl (C=O) groups is 1. The van der Waals surface area contributed by atoms with Crippen LogP contribution in [0, 0.1) is 12.7 Å². The number of nitrogens with zero attached hydrogens (tertiary/aromatic N) is 1. The highest BCUT2D eigenvalue weighted by atomic mass is 32.2. The fourth-order valence-electron chi connectivity index (χ4n) is 2.83. The van der Waals surface area contributed by atoms with Crippen LogP contribution in [0.1, 0.15) is 31.0 Å². The van der Waals surface area contributed by atoms with Gasteiger partial charge in [0.25, 0.3) is 0 Å². The zero-order valence-electron chi connectivity index (χ0n) is 15.1. The van der Waals surface area contributed by atoms with Gasteiger partial charge in [0.05, 0.1) is 10.9 Å². The summed E-state index contributed by atoms with van der Waals surface area (Å²) >= 11 is 0. The Hall–Kier alpha value is -2.25. The van der Waals surface area contributed by atoms with Crippen molar-refractivity contribution in [2.75, 3.05) is 13.1 Å². The molecule has 0 aromatic heterocycles. The molecule has 26 heavy (non-hydrogen) atoms. The highest BCUT2D eigenvalue weighted by Gasteiger charge is 2.21. The molecule has 1 atom stereocenters. The highest BCUT2D eigenvalue weighted by Crippen LogP contribution is 2.20. The van der Waals surface area contributed by atoms with Crippen LogP contribution in [0.15, 0.2) is 53.4 Å². The molecule has 0 fully saturated rings. The van der Waals surface area contributed by atoms with E-state index in [9.17, 15) is 17.6 Å². The Kier molecular flexibility index (Phi) is 6.50. The summed E-state index contributed by atoms with van der Waals surface area (Å²) in [7, 11) is -3.77. The molecule has 2 aromatic carbocycles. The zero-order valence-corrected chi connectivity index (χ0v) is 15.9. The molecule has 2 aromatic rings. The lowest BCUT2D eigenvalue weighted by molar-refractivity contribution is -0.130. The number of hydrogen-bond donors (Lipinski definition) is 1. The van der Waals surface area contributed by atoms with Crippen LogP contribution in [0.4, 0.5) is 4.39 Å². The third-order valence-electron chi connectivity index (χ3n) is 4.23. The van der Waals surface area contributed by atoms with E-state index < -0.39 is 15.8 Å². The molecule has 0 aliphatic rings. The van der Waals surface area contributed by atoms with Gasteiger partial charge in [0.1, 0.15) is 5.82 Å². The van der Waals surface area contributed by atoms with Crippen LogP contribution in [0.25, 0.3) is 0 Å². The first-order valence-electron chi connectivity index (χ1n) is 8.30. The topological polar surface area (TPSA) is 66.5 Å². The minimum absolute atomic E-state index is 0.0318. The molecule has 1 unspecified atom stereocenters. The van der Waals surface area contributed by atoms with E-state index in [0.717, 1.165) is 11.6 Å². The fourth-order valence-corrected chi connectivity index (χ4v) is 4.07. The molecule has 0 bridgehead atoms. The van der Waals surface area contributed by atoms with E-state index >= 15 is 0 Å². The van der Waals surface area contributed by atoms with Crippen LogP contribution in [0.5, 0.6) is 0 Å². The van der Waals surface area contributed by atoms with Crippen LogP contribution in [0.2, 0.25) is 0 Å². The number of nitrogens with one attached hydrogen (secondary N) is 1. The lowest BCUT2D eigenvalue weighted by Crippen LogP contribution is -2.39. The molecule has 0 saturated heterocycles. The summed E-state index contributed by atoms with van der Waals surface area (Å²) in [6, 6.07) is 12.9. The van der Waals surface area contributed by atoms with Crippen molar-refractivity contribution in [2.24, 2.45) is 0 Å². The van der Waals surface area contributed by atoms with Crippen LogP contribution >= 0.6 is 0 Å². The van der Waals surface area contributed by atoms with E-state index in [2.05, 4.69) is 4.72 Å². The first-order chi connectivity index (χ1) is 12.2. The maximum Gasteiger partial charge on any atom is 0.240 e. The molecule has 0 aliphatic carbocycles. The summed E-state index contributed by atoms with van der Waals surface area (Å²) in [5.74, 6) is -0.626. The number of sulfonamides is 1. The van der Waals surface area contributed by atoms with E-state index in [0.29, 0.717) is 5.56 Å². The molecule has 7 heteroatoms. The van der Waals surface area contributed by atoms with Crippen LogP contribution < -0.4 is 4.72 Å². The van der Waals surface area contributed by atoms with Gasteiger partial charge in [-0.1, -0.05) is 30.3 Å². The second-order valence-corrected chi connectivity index (χ2v) is 7.84. The Morgan fingerprint density at radius 1 is 1.19 bits per heavy atom. The summed E-state index contributed by atoms with van der Waals surface area (Å²) in [6.07, 6.45) is 0. The van der Waals surface area contributed by atoms with Crippen molar-refractivity contribution in [1.82, 2.24) is 9.62 Å². The van der Waals surface area contributed by atoms with E-state index in [4.69, 9.17) is 0 Å². The van der Waals surface area contributed by atoms with Gasteiger partial charge in [-0.25, -0.2) is 17.5 Å². The van der Waals surface area contributed by atoms with Gasteiger partial charge in [-0.15, -0.1) is 0 Å². The standard InChI is InChI=1S/C19H23FN2O3S/c1-14-13-18(20)9-10-19(14)26(24,25)21-11-12-22(16(3)23)15(2)17-7-5-4-6-8-17/h4-10,13,15,21H,11-12H2,1-3H3. The van der Waals surface area contributed by atoms with E-state index in [-0.39, 0.29) is 29.9 Å². The highest BCUT2D eigenvalue weighted by molar-refractivity contribution is 7.89. The van der Waals surface area contributed by atoms with Crippen molar-refractivity contribution in [2.45, 2.75) is 31.7 Å². The van der Waals surface area contributed by atoms with Crippen molar-refractivity contribution >= 4 is 15.9 Å². The van der Waals surface area contributed by atoms with Gasteiger partial charge in [-0.05, 0) is 43.2 Å². The predicted molar refractivity (Wildman–Crippen MR) is 98.6 cm³/mol. The first kappa shape index (κ1) is 20.1. The lowest BCUT2D eigenvalue weighted by atomic mass is 10.1. The Morgan fingerprint density at radius 2 is 1.85 bits per heavy atom. The average molecular weight is 378 g/mol. The summed E-state index contributed by atoms with van der Waals surface area (Å²) < 4.78 is 40.5. The minimum atomic E-state index is -3.77. The SMILES string of the molecule is CC(=O)N(CCNS(=O)(=O)c1ccc(F)cc1C)C(C)c1ccccc1. The Labute approximate surface area is 153 Å². The molecule has 1 N–H and O–H groups in total. The van der Waals surface area contributed by atoms with Gasteiger partial charge >= 0.3 is 0 Å². The number of carbonyl (C=O) groups excluding carboxylic acids is 1. The van der Waals surface area contributed by atoms with Gasteiger partial charge in [-0.3, -0.25) is 4.79 Å². The van der Waals surface area contributed by atoms with E-state index in [1.54, 1.807) is 4.90 Å². The molecule has 0 spiro atoms. The van der Waals surface area contributed by atoms with Crippen molar-refractivity contribution in [3.05, 3.63) is 65.5 Å². The Balaban J connectivity index is 2.06. The molecule has 1 amide bonds. The lowest BCUT2D eigenvalue weighted by Gasteiger charge is -2.28. The molecule has 0 radical (unpaired) electrons. The number of rotatable bonds is 7. The molecular weight excluding hydrogens is 355 g/mol. The van der Waals surface area contributed by atoms with Gasteiger partial charge in [-0.2, -0.15) is 0 Å². The fraction of sp³-hybridized carbons (Fsp3) is 0.316. The number of hydrogen-bond acceptors (Lipinski definition) is 3. The van der Waals surface area contributed by atoms with Crippen LogP contribution in [0.3, 0.4) is 0 Å². The number of aryl methyl sites for hydroxylation is 1. The van der Waals surface area contributed by atoms with Crippen molar-refractivity contribution in [1.29, 1.82) is 0 Å². The predicted octanol–water partition coefficient (Wildman–Crippen LogP) is 3.02. The number of halogens is 1. The normalized spacial score (nSPS) is 12.6. The van der Waals surface area contributed by atoms with Crippen molar-refractivity contribution in [3.8, 4) is 0 Å². The minimum Gasteiger partial charge on any atom is -0.335 e. The molecule has 5 nitrogen and oxygen atoms in total. The first-order valence-corrected chi connectivity index (χ1v) is 9.78. The van der Waals surface area contributed by atoms with Crippen LogP contribution in [-0.4, -0.2) is 32.3 Å². The van der Waals surface area contributed by atoms with Gasteiger partial charge < -0.3 is 4.90 Å². The molecule has 140 valence electrons. The second-order valence-electron chi connectivity index (χ2n) is 6.11. The maximum atomic E-state index is 13.2. The molecule has 0 saturated carbocycles. The van der Waals surface area contributed by atoms with Gasteiger partial charge in [0.15, 0.2) is 0 Å². The van der Waals surface area contributed by atoms with E-state index in [1.165, 1.54) is 26.0 Å².